The Kier molecular flexibility index (Phi) is 2.37. The normalized spacial score (nSPS) is 16.1. The summed E-state index contributed by atoms with van der Waals surface area (Å²) in [6.45, 7) is 8.08. The van der Waals surface area contributed by atoms with Gasteiger partial charge in [0.15, 0.2) is 5.84 Å². The van der Waals surface area contributed by atoms with E-state index >= 15 is 0 Å². The van der Waals surface area contributed by atoms with E-state index in [1.807, 2.05) is 17.2 Å². The first-order valence-corrected chi connectivity index (χ1v) is 4.77. The molecule has 0 radical (unpaired) electrons. The lowest BCUT2D eigenvalue weighted by molar-refractivity contribution is 0.379. The summed E-state index contributed by atoms with van der Waals surface area (Å²) < 4.78 is 1.61. The van der Waals surface area contributed by atoms with E-state index < -0.39 is 0 Å². The first-order chi connectivity index (χ1) is 7.18. The molecule has 0 saturated heterocycles. The van der Waals surface area contributed by atoms with Crippen molar-refractivity contribution >= 4 is 5.84 Å². The van der Waals surface area contributed by atoms with Crippen molar-refractivity contribution in [2.24, 2.45) is 4.99 Å². The van der Waals surface area contributed by atoms with Gasteiger partial charge in [-0.05, 0) is 19.9 Å². The highest BCUT2D eigenvalue weighted by molar-refractivity contribution is 5.95. The Balaban J connectivity index is 2.24. The number of hydrogen-bond donors (Lipinski definition) is 0. The zero-order valence-electron chi connectivity index (χ0n) is 8.83. The van der Waals surface area contributed by atoms with E-state index in [0.717, 1.165) is 11.7 Å². The van der Waals surface area contributed by atoms with Crippen molar-refractivity contribution < 1.29 is 0 Å². The number of hydrogen-bond acceptors (Lipinski definition) is 4. The molecule has 0 saturated carbocycles. The van der Waals surface area contributed by atoms with E-state index in [1.165, 1.54) is 6.33 Å². The average Bonchev–Trinajstić information content (AvgIpc) is 2.69. The zero-order chi connectivity index (χ0) is 10.8. The van der Waals surface area contributed by atoms with Crippen LogP contribution in [0.3, 0.4) is 0 Å². The lowest BCUT2D eigenvalue weighted by atomic mass is 10.3. The van der Waals surface area contributed by atoms with Gasteiger partial charge >= 0.3 is 0 Å². The van der Waals surface area contributed by atoms with E-state index in [9.17, 15) is 0 Å². The highest BCUT2D eigenvalue weighted by Crippen LogP contribution is 2.14. The molecule has 0 atom stereocenters. The van der Waals surface area contributed by atoms with Crippen LogP contribution < -0.4 is 0 Å². The highest BCUT2D eigenvalue weighted by atomic mass is 15.4. The Morgan fingerprint density at radius 1 is 1.40 bits per heavy atom. The first kappa shape index (κ1) is 9.64. The van der Waals surface area contributed by atoms with Crippen LogP contribution in [-0.4, -0.2) is 31.5 Å². The van der Waals surface area contributed by atoms with Crippen molar-refractivity contribution in [3.05, 3.63) is 37.3 Å². The van der Waals surface area contributed by atoms with Crippen LogP contribution in [0.1, 0.15) is 13.8 Å². The molecule has 1 aromatic heterocycles. The molecule has 1 aliphatic heterocycles. The van der Waals surface area contributed by atoms with Crippen LogP contribution >= 0.6 is 0 Å². The van der Waals surface area contributed by atoms with Crippen molar-refractivity contribution in [1.29, 1.82) is 0 Å². The van der Waals surface area contributed by atoms with Crippen LogP contribution in [0.4, 0.5) is 0 Å². The standard InChI is InChI=1S/C10H13N5/c1-8(2)14-5-4-10(13-9(14)3)15-7-11-6-12-15/h4-8H,3H2,1-2H3. The van der Waals surface area contributed by atoms with Crippen molar-refractivity contribution in [1.82, 2.24) is 19.7 Å². The third-order valence-electron chi connectivity index (χ3n) is 2.14. The molecular weight excluding hydrogens is 190 g/mol. The molecule has 78 valence electrons. The highest BCUT2D eigenvalue weighted by Gasteiger charge is 2.13. The molecule has 1 aliphatic rings. The number of aromatic nitrogens is 3. The van der Waals surface area contributed by atoms with Gasteiger partial charge in [-0.2, -0.15) is 5.10 Å². The van der Waals surface area contributed by atoms with E-state index in [0.29, 0.717) is 6.04 Å². The smallest absolute Gasteiger partial charge is 0.159 e. The number of allylic oxidation sites excluding steroid dienone is 1. The molecule has 0 aliphatic carbocycles. The molecule has 0 unspecified atom stereocenters. The van der Waals surface area contributed by atoms with E-state index in [2.05, 4.69) is 35.5 Å². The molecular formula is C10H13N5. The lowest BCUT2D eigenvalue weighted by Crippen LogP contribution is -2.28. The molecule has 0 aromatic carbocycles. The van der Waals surface area contributed by atoms with Gasteiger partial charge in [-0.3, -0.25) is 0 Å². The minimum absolute atomic E-state index is 0.356. The third kappa shape index (κ3) is 1.81. The summed E-state index contributed by atoms with van der Waals surface area (Å²) in [5.41, 5.74) is 0. The average molecular weight is 203 g/mol. The van der Waals surface area contributed by atoms with Crippen LogP contribution in [0.5, 0.6) is 0 Å². The van der Waals surface area contributed by atoms with Gasteiger partial charge in [-0.15, -0.1) is 0 Å². The number of aliphatic imine (C=N–C) groups is 1. The molecule has 0 amide bonds. The summed E-state index contributed by atoms with van der Waals surface area (Å²) in [5, 5.41) is 4.01. The third-order valence-corrected chi connectivity index (χ3v) is 2.14. The molecule has 2 rings (SSSR count). The maximum absolute atomic E-state index is 4.35. The Morgan fingerprint density at radius 3 is 2.73 bits per heavy atom. The first-order valence-electron chi connectivity index (χ1n) is 4.77. The van der Waals surface area contributed by atoms with Gasteiger partial charge in [-0.25, -0.2) is 14.7 Å². The number of rotatable bonds is 1. The molecule has 0 N–H and O–H groups in total. The number of nitrogens with zero attached hydrogens (tertiary/aromatic N) is 5. The molecule has 0 spiro atoms. The summed E-state index contributed by atoms with van der Waals surface area (Å²) in [7, 11) is 0. The summed E-state index contributed by atoms with van der Waals surface area (Å²) in [5.74, 6) is 1.45. The molecule has 15 heavy (non-hydrogen) atoms. The van der Waals surface area contributed by atoms with Crippen LogP contribution in [-0.2, 0) is 0 Å². The fraction of sp³-hybridized carbons (Fsp3) is 0.300. The summed E-state index contributed by atoms with van der Waals surface area (Å²) in [6.07, 6.45) is 6.94. The van der Waals surface area contributed by atoms with Gasteiger partial charge in [0, 0.05) is 12.2 Å². The Hall–Kier alpha value is -1.91. The van der Waals surface area contributed by atoms with Crippen molar-refractivity contribution in [2.75, 3.05) is 0 Å². The predicted octanol–water partition coefficient (Wildman–Crippen LogP) is 1.23. The monoisotopic (exact) mass is 203 g/mol. The quantitative estimate of drug-likeness (QED) is 0.689. The molecule has 5 nitrogen and oxygen atoms in total. The Bertz CT molecular complexity index is 413. The fourth-order valence-electron chi connectivity index (χ4n) is 1.38. The summed E-state index contributed by atoms with van der Waals surface area (Å²) in [4.78, 5) is 10.2. The predicted molar refractivity (Wildman–Crippen MR) is 58.1 cm³/mol. The van der Waals surface area contributed by atoms with Crippen LogP contribution in [0.25, 0.3) is 0 Å². The van der Waals surface area contributed by atoms with Gasteiger partial charge in [0.05, 0.1) is 0 Å². The minimum Gasteiger partial charge on any atom is -0.331 e. The largest absolute Gasteiger partial charge is 0.331 e. The second-order valence-corrected chi connectivity index (χ2v) is 3.54. The summed E-state index contributed by atoms with van der Waals surface area (Å²) in [6, 6.07) is 0.356. The van der Waals surface area contributed by atoms with E-state index in [1.54, 1.807) is 11.0 Å². The van der Waals surface area contributed by atoms with Crippen LogP contribution in [0, 0.1) is 0 Å². The molecule has 0 fully saturated rings. The van der Waals surface area contributed by atoms with Gasteiger partial charge in [0.1, 0.15) is 18.5 Å². The molecule has 2 heterocycles. The van der Waals surface area contributed by atoms with Crippen molar-refractivity contribution in [3.63, 3.8) is 0 Å². The van der Waals surface area contributed by atoms with Crippen LogP contribution in [0.2, 0.25) is 0 Å². The fourth-order valence-corrected chi connectivity index (χ4v) is 1.38. The Labute approximate surface area is 88.4 Å². The minimum atomic E-state index is 0.356. The van der Waals surface area contributed by atoms with E-state index in [-0.39, 0.29) is 0 Å². The van der Waals surface area contributed by atoms with Crippen molar-refractivity contribution in [3.8, 4) is 0 Å². The second-order valence-electron chi connectivity index (χ2n) is 3.54. The molecule has 0 bridgehead atoms. The summed E-state index contributed by atoms with van der Waals surface area (Å²) >= 11 is 0. The Morgan fingerprint density at radius 2 is 2.20 bits per heavy atom. The van der Waals surface area contributed by atoms with Gasteiger partial charge in [-0.1, -0.05) is 6.58 Å². The topological polar surface area (TPSA) is 46.3 Å². The maximum Gasteiger partial charge on any atom is 0.159 e. The van der Waals surface area contributed by atoms with Gasteiger partial charge < -0.3 is 4.90 Å². The van der Waals surface area contributed by atoms with Gasteiger partial charge in [0.2, 0.25) is 0 Å². The van der Waals surface area contributed by atoms with Gasteiger partial charge in [0.25, 0.3) is 0 Å². The second kappa shape index (κ2) is 3.68. The zero-order valence-corrected chi connectivity index (χ0v) is 8.83. The van der Waals surface area contributed by atoms with Crippen LogP contribution in [0.15, 0.2) is 42.3 Å². The maximum atomic E-state index is 4.35. The lowest BCUT2D eigenvalue weighted by Gasteiger charge is -2.27. The van der Waals surface area contributed by atoms with Crippen molar-refractivity contribution in [2.45, 2.75) is 19.9 Å². The molecule has 1 aromatic rings. The van der Waals surface area contributed by atoms with E-state index in [4.69, 9.17) is 0 Å². The SMILES string of the molecule is C=C1N=C(n2cncn2)C=CN1C(C)C. The molecule has 5 heteroatoms.